The molecule has 1 amide bonds. The van der Waals surface area contributed by atoms with Crippen molar-refractivity contribution >= 4 is 23.8 Å². The zero-order chi connectivity index (χ0) is 14.9. The molecule has 110 valence electrons. The molecule has 9 heteroatoms. The van der Waals surface area contributed by atoms with Crippen LogP contribution in [0.3, 0.4) is 0 Å². The molecule has 0 aliphatic heterocycles. The summed E-state index contributed by atoms with van der Waals surface area (Å²) in [6.45, 7) is 2.15. The van der Waals surface area contributed by atoms with E-state index in [4.69, 9.17) is 4.89 Å². The largest absolute Gasteiger partial charge is 0.365 e. The highest BCUT2D eigenvalue weighted by Crippen LogP contribution is 2.05. The van der Waals surface area contributed by atoms with Gasteiger partial charge in [0.2, 0.25) is 5.91 Å². The van der Waals surface area contributed by atoms with Crippen molar-refractivity contribution in [2.45, 2.75) is 13.0 Å². The number of nitroso groups, excluding NO2 is 1. The molecule has 0 radical (unpaired) electrons. The molecule has 0 saturated heterocycles. The summed E-state index contributed by atoms with van der Waals surface area (Å²) in [7, 11) is 5.91. The Hall–Kier alpha value is -1.19. The lowest BCUT2D eigenvalue weighted by atomic mass is 10.3. The number of likely N-dealkylation sites (N-methyl/N-ethyl adjacent to an activating group) is 1. The number of hydrogen-bond acceptors (Lipinski definition) is 7. The van der Waals surface area contributed by atoms with Crippen molar-refractivity contribution < 1.29 is 23.8 Å². The van der Waals surface area contributed by atoms with Crippen LogP contribution in [0.25, 0.3) is 0 Å². The van der Waals surface area contributed by atoms with E-state index in [0.29, 0.717) is 23.0 Å². The number of quaternary nitrogens is 1. The third kappa shape index (κ3) is 10.4. The normalized spacial score (nSPS) is 12.6. The highest BCUT2D eigenvalue weighted by Gasteiger charge is 2.23. The fourth-order valence-electron chi connectivity index (χ4n) is 0.988. The Morgan fingerprint density at radius 1 is 1.37 bits per heavy atom. The molecule has 0 heterocycles. The smallest absolute Gasteiger partial charge is 0.342 e. The zero-order valence-electron chi connectivity index (χ0n) is 11.5. The molecule has 0 unspecified atom stereocenters. The van der Waals surface area contributed by atoms with Crippen LogP contribution in [0.5, 0.6) is 0 Å². The first-order valence-electron chi connectivity index (χ1n) is 5.62. The van der Waals surface area contributed by atoms with Gasteiger partial charge in [0.15, 0.2) is 0 Å². The predicted molar refractivity (Wildman–Crippen MR) is 70.8 cm³/mol. The van der Waals surface area contributed by atoms with Gasteiger partial charge in [0.1, 0.15) is 19.2 Å². The third-order valence-electron chi connectivity index (χ3n) is 1.94. The molecule has 0 aliphatic rings. The van der Waals surface area contributed by atoms with Crippen molar-refractivity contribution in [3.8, 4) is 0 Å². The molecule has 0 bridgehead atoms. The summed E-state index contributed by atoms with van der Waals surface area (Å²) in [5.74, 6) is -1.16. The van der Waals surface area contributed by atoms with Gasteiger partial charge in [0.05, 0.1) is 26.9 Å². The van der Waals surface area contributed by atoms with Gasteiger partial charge < -0.3 is 9.80 Å². The highest BCUT2D eigenvalue weighted by atomic mass is 32.2. The van der Waals surface area contributed by atoms with Gasteiger partial charge in [-0.05, 0) is 0 Å². The Morgan fingerprint density at radius 2 is 2.00 bits per heavy atom. The van der Waals surface area contributed by atoms with Crippen molar-refractivity contribution in [1.82, 2.24) is 5.32 Å². The fourth-order valence-corrected chi connectivity index (χ4v) is 1.42. The molecule has 0 aromatic carbocycles. The number of nitrogens with one attached hydrogen (secondary N) is 1. The Labute approximate surface area is 116 Å². The lowest BCUT2D eigenvalue weighted by Gasteiger charge is -2.23. The molecule has 0 saturated carbocycles. The quantitative estimate of drug-likeness (QED) is 0.162. The molecule has 19 heavy (non-hydrogen) atoms. The van der Waals surface area contributed by atoms with Gasteiger partial charge in [-0.2, -0.15) is 4.89 Å². The van der Waals surface area contributed by atoms with Gasteiger partial charge in [-0.3, -0.25) is 9.68 Å². The van der Waals surface area contributed by atoms with Crippen LogP contribution in [0.15, 0.2) is 4.58 Å². The summed E-state index contributed by atoms with van der Waals surface area (Å²) >= 11 is 0.625. The maximum atomic E-state index is 11.6. The van der Waals surface area contributed by atoms with E-state index in [1.54, 1.807) is 0 Å². The van der Waals surface area contributed by atoms with E-state index in [2.05, 4.69) is 14.8 Å². The minimum absolute atomic E-state index is 0.000602. The summed E-state index contributed by atoms with van der Waals surface area (Å²) in [5, 5.41) is 2.35. The van der Waals surface area contributed by atoms with Crippen LogP contribution in [-0.2, 0) is 19.4 Å². The van der Waals surface area contributed by atoms with E-state index in [0.717, 1.165) is 0 Å². The minimum Gasteiger partial charge on any atom is -0.342 e. The number of hydrogen-bond donors (Lipinski definition) is 1. The first-order chi connectivity index (χ1) is 8.76. The van der Waals surface area contributed by atoms with Crippen molar-refractivity contribution in [3.05, 3.63) is 4.91 Å². The summed E-state index contributed by atoms with van der Waals surface area (Å²) in [4.78, 5) is 41.8. The average molecular weight is 294 g/mol. The zero-order valence-corrected chi connectivity index (χ0v) is 12.4. The second-order valence-electron chi connectivity index (χ2n) is 4.86. The van der Waals surface area contributed by atoms with Gasteiger partial charge in [0.25, 0.3) is 0 Å². The number of rotatable bonds is 9. The topological polar surface area (TPSA) is 94.1 Å². The molecule has 0 rings (SSSR count). The summed E-state index contributed by atoms with van der Waals surface area (Å²) in [6.07, 6.45) is 0. The number of amides is 1. The van der Waals surface area contributed by atoms with Gasteiger partial charge >= 0.3 is 5.97 Å². The van der Waals surface area contributed by atoms with Gasteiger partial charge in [0, 0.05) is 23.5 Å². The lowest BCUT2D eigenvalue weighted by molar-refractivity contribution is -0.871. The first-order valence-corrected chi connectivity index (χ1v) is 6.56. The van der Waals surface area contributed by atoms with E-state index >= 15 is 0 Å². The molecule has 8 nitrogen and oxygen atoms in total. The molecule has 0 spiro atoms. The maximum Gasteiger partial charge on any atom is 0.365 e. The highest BCUT2D eigenvalue weighted by molar-refractivity contribution is 7.97. The molecular weight excluding hydrogens is 274 g/mol. The molecule has 0 fully saturated rings. The van der Waals surface area contributed by atoms with Crippen molar-refractivity contribution in [3.63, 3.8) is 0 Å². The second kappa shape index (κ2) is 8.83. The minimum atomic E-state index is -0.954. The SMILES string of the molecule is CC(=O)N[C@@H](CSN=O)C(=O)OOCC[N+](C)(C)C. The summed E-state index contributed by atoms with van der Waals surface area (Å²) in [6, 6.07) is -0.954. The van der Waals surface area contributed by atoms with Crippen LogP contribution >= 0.6 is 11.9 Å². The molecule has 0 aliphatic carbocycles. The monoisotopic (exact) mass is 294 g/mol. The molecular formula is C10H20N3O5S+. The standard InChI is InChI=1S/C10H19N3O5S/c1-8(14)11-9(7-19-12-16)10(15)18-17-6-5-13(2,3)4/h9H,5-7H2,1-4H3/p+1/t9-/m0/s1. The summed E-state index contributed by atoms with van der Waals surface area (Å²) in [5.41, 5.74) is 0. The van der Waals surface area contributed by atoms with Crippen LogP contribution in [0.4, 0.5) is 0 Å². The first kappa shape index (κ1) is 17.8. The van der Waals surface area contributed by atoms with Crippen LogP contribution < -0.4 is 5.32 Å². The van der Waals surface area contributed by atoms with E-state index in [1.807, 2.05) is 21.1 Å². The molecule has 1 atom stereocenters. The molecule has 0 aromatic heterocycles. The van der Waals surface area contributed by atoms with Gasteiger partial charge in [-0.1, -0.05) is 0 Å². The van der Waals surface area contributed by atoms with Crippen molar-refractivity contribution in [1.29, 1.82) is 0 Å². The van der Waals surface area contributed by atoms with Crippen LogP contribution in [0, 0.1) is 4.91 Å². The Kier molecular flexibility index (Phi) is 8.28. The van der Waals surface area contributed by atoms with Crippen LogP contribution in [0.2, 0.25) is 0 Å². The Balaban J connectivity index is 4.09. The predicted octanol–water partition coefficient (Wildman–Crippen LogP) is 0.0867. The maximum absolute atomic E-state index is 11.6. The lowest BCUT2D eigenvalue weighted by Crippen LogP contribution is -2.43. The Morgan fingerprint density at radius 3 is 2.47 bits per heavy atom. The Bertz CT molecular complexity index is 319. The molecule has 1 N–H and O–H groups in total. The average Bonchev–Trinajstić information content (AvgIpc) is 2.28. The van der Waals surface area contributed by atoms with Crippen LogP contribution in [-0.4, -0.2) is 62.4 Å². The number of carbonyl (C=O) groups is 2. The van der Waals surface area contributed by atoms with E-state index in [-0.39, 0.29) is 12.4 Å². The van der Waals surface area contributed by atoms with Gasteiger partial charge in [-0.25, -0.2) is 4.79 Å². The van der Waals surface area contributed by atoms with Crippen molar-refractivity contribution in [2.75, 3.05) is 40.0 Å². The van der Waals surface area contributed by atoms with Crippen LogP contribution in [0.1, 0.15) is 6.92 Å². The van der Waals surface area contributed by atoms with Crippen molar-refractivity contribution in [2.24, 2.45) is 4.58 Å². The van der Waals surface area contributed by atoms with E-state index < -0.39 is 17.9 Å². The molecule has 0 aromatic rings. The second-order valence-corrected chi connectivity index (χ2v) is 5.60. The summed E-state index contributed by atoms with van der Waals surface area (Å²) < 4.78 is 3.22. The number of nitrogens with zero attached hydrogens (tertiary/aromatic N) is 2. The van der Waals surface area contributed by atoms with Gasteiger partial charge in [-0.15, -0.1) is 4.91 Å². The fraction of sp³-hybridized carbons (Fsp3) is 0.800. The number of carbonyl (C=O) groups excluding carboxylic acids is 2. The van der Waals surface area contributed by atoms with E-state index in [9.17, 15) is 14.5 Å². The van der Waals surface area contributed by atoms with E-state index in [1.165, 1.54) is 6.92 Å². The third-order valence-corrected chi connectivity index (χ3v) is 2.53.